The first-order valence-corrected chi connectivity index (χ1v) is 20.3. The molecule has 0 fully saturated rings. The molecule has 0 bridgehead atoms. The highest BCUT2D eigenvalue weighted by atomic mass is 28.3. The first-order valence-electron chi connectivity index (χ1n) is 18.3. The van der Waals surface area contributed by atoms with Crippen LogP contribution in [0.4, 0.5) is 0 Å². The number of hydrogen-bond acceptors (Lipinski definition) is 0. The zero-order chi connectivity index (χ0) is 35.2. The molecule has 3 heteroatoms. The van der Waals surface area contributed by atoms with Crippen LogP contribution < -0.4 is 20.7 Å². The molecule has 0 unspecified atom stereocenters. The van der Waals surface area contributed by atoms with E-state index in [1.807, 2.05) is 0 Å². The number of para-hydroxylation sites is 2. The average molecular weight is 693 g/mol. The molecule has 53 heavy (non-hydrogen) atoms. The minimum absolute atomic E-state index is 1.15. The van der Waals surface area contributed by atoms with Crippen molar-refractivity contribution >= 4 is 61.5 Å². The second-order valence-electron chi connectivity index (χ2n) is 13.7. The van der Waals surface area contributed by atoms with Crippen LogP contribution in [-0.2, 0) is 0 Å². The fourth-order valence-corrected chi connectivity index (χ4v) is 13.4. The third-order valence-corrected chi connectivity index (χ3v) is 15.7. The van der Waals surface area contributed by atoms with Gasteiger partial charge in [0.1, 0.15) is 0 Å². The Labute approximate surface area is 310 Å². The third-order valence-electron chi connectivity index (χ3n) is 10.9. The summed E-state index contributed by atoms with van der Waals surface area (Å²) >= 11 is 0. The fourth-order valence-electron chi connectivity index (χ4n) is 8.62. The highest BCUT2D eigenvalue weighted by molar-refractivity contribution is 7.19. The van der Waals surface area contributed by atoms with E-state index in [-0.39, 0.29) is 0 Å². The molecule has 2 heterocycles. The third kappa shape index (κ3) is 4.93. The van der Waals surface area contributed by atoms with Gasteiger partial charge in [-0.05, 0) is 74.3 Å². The molecule has 0 saturated carbocycles. The second-order valence-corrected chi connectivity index (χ2v) is 17.5. The molecule has 8 aromatic carbocycles. The molecular weight excluding hydrogens is 657 g/mol. The second kappa shape index (κ2) is 12.8. The summed E-state index contributed by atoms with van der Waals surface area (Å²) in [6.07, 6.45) is 2.22. The monoisotopic (exact) mass is 692 g/mol. The van der Waals surface area contributed by atoms with Crippen molar-refractivity contribution in [3.8, 4) is 22.5 Å². The van der Waals surface area contributed by atoms with Crippen LogP contribution in [0.3, 0.4) is 0 Å². The molecular formula is C50H36N2Si. The molecule has 10 aromatic rings. The quantitative estimate of drug-likeness (QED) is 0.116. The van der Waals surface area contributed by atoms with Gasteiger partial charge in [-0.15, -0.1) is 0 Å². The van der Waals surface area contributed by atoms with Crippen molar-refractivity contribution in [3.05, 3.63) is 219 Å². The van der Waals surface area contributed by atoms with Gasteiger partial charge in [-0.2, -0.15) is 0 Å². The van der Waals surface area contributed by atoms with Crippen molar-refractivity contribution in [1.82, 2.24) is 9.13 Å². The summed E-state index contributed by atoms with van der Waals surface area (Å²) in [6.45, 7) is 0. The van der Waals surface area contributed by atoms with Gasteiger partial charge in [0.05, 0.1) is 16.6 Å². The van der Waals surface area contributed by atoms with Crippen molar-refractivity contribution in [2.24, 2.45) is 0 Å². The van der Waals surface area contributed by atoms with Crippen LogP contribution in [0.25, 0.3) is 55.2 Å². The first-order chi connectivity index (χ1) is 26.3. The lowest BCUT2D eigenvalue weighted by molar-refractivity contribution is 1.13. The van der Waals surface area contributed by atoms with Gasteiger partial charge in [-0.3, -0.25) is 0 Å². The lowest BCUT2D eigenvalue weighted by atomic mass is 9.97. The predicted molar refractivity (Wildman–Crippen MR) is 227 cm³/mol. The van der Waals surface area contributed by atoms with Crippen LogP contribution in [0.15, 0.2) is 219 Å². The van der Waals surface area contributed by atoms with Gasteiger partial charge in [0.15, 0.2) is 8.07 Å². The number of rotatable bonds is 7. The Morgan fingerprint density at radius 3 is 1.43 bits per heavy atom. The number of aromatic nitrogens is 2. The number of benzene rings is 8. The Balaban J connectivity index is 1.27. The van der Waals surface area contributed by atoms with E-state index < -0.39 is 8.07 Å². The summed E-state index contributed by atoms with van der Waals surface area (Å²) in [6, 6.07) is 78.1. The normalized spacial score (nSPS) is 11.8. The van der Waals surface area contributed by atoms with Crippen molar-refractivity contribution in [1.29, 1.82) is 0 Å². The summed E-state index contributed by atoms with van der Waals surface area (Å²) in [5.74, 6) is 0. The van der Waals surface area contributed by atoms with E-state index in [0.29, 0.717) is 0 Å². The lowest BCUT2D eigenvalue weighted by Crippen LogP contribution is -2.74. The smallest absolute Gasteiger partial charge is 0.179 e. The highest BCUT2D eigenvalue weighted by Crippen LogP contribution is 2.43. The molecule has 0 spiro atoms. The maximum Gasteiger partial charge on any atom is 0.179 e. The molecule has 0 radical (unpaired) electrons. The SMILES string of the molecule is c1ccc(-c2cc3c(ccn3-c3ccccc3)c3c2c2ccccc2n3-c2ccc([Si](c3ccccc3)(c3ccccc3)c3ccccc3)cc2)cc1. The van der Waals surface area contributed by atoms with Crippen LogP contribution in [0.1, 0.15) is 0 Å². The van der Waals surface area contributed by atoms with Crippen molar-refractivity contribution < 1.29 is 0 Å². The number of nitrogens with zero attached hydrogens (tertiary/aromatic N) is 2. The van der Waals surface area contributed by atoms with Crippen molar-refractivity contribution in [3.63, 3.8) is 0 Å². The Morgan fingerprint density at radius 1 is 0.358 bits per heavy atom. The van der Waals surface area contributed by atoms with Crippen LogP contribution in [-0.4, -0.2) is 17.2 Å². The van der Waals surface area contributed by atoms with Crippen molar-refractivity contribution in [2.75, 3.05) is 0 Å². The predicted octanol–water partition coefficient (Wildman–Crippen LogP) is 9.77. The fraction of sp³-hybridized carbons (Fsp3) is 0. The maximum absolute atomic E-state index is 2.66. The van der Waals surface area contributed by atoms with Gasteiger partial charge in [0, 0.05) is 33.7 Å². The molecule has 250 valence electrons. The summed E-state index contributed by atoms with van der Waals surface area (Å²) in [5, 5.41) is 9.23. The van der Waals surface area contributed by atoms with Gasteiger partial charge in [0.2, 0.25) is 0 Å². The van der Waals surface area contributed by atoms with E-state index in [4.69, 9.17) is 0 Å². The summed E-state index contributed by atoms with van der Waals surface area (Å²) in [5.41, 5.74) is 8.36. The van der Waals surface area contributed by atoms with Crippen LogP contribution in [0.5, 0.6) is 0 Å². The standard InChI is InChI=1S/C50H36N2Si/c1-6-18-37(19-7-1)46-36-48-45(34-35-51(48)38-20-8-2-9-21-38)50-49(46)44-28-16-17-29-47(44)52(50)39-30-32-43(33-31-39)53(40-22-10-3-11-23-40,41-24-12-4-13-25-41)42-26-14-5-15-27-42/h1-36H. The van der Waals surface area contributed by atoms with Gasteiger partial charge in [-0.25, -0.2) is 0 Å². The van der Waals surface area contributed by atoms with E-state index in [1.54, 1.807) is 0 Å². The molecule has 0 aliphatic rings. The van der Waals surface area contributed by atoms with Crippen LogP contribution >= 0.6 is 0 Å². The van der Waals surface area contributed by atoms with Crippen molar-refractivity contribution in [2.45, 2.75) is 0 Å². The van der Waals surface area contributed by atoms with E-state index in [2.05, 4.69) is 228 Å². The zero-order valence-corrected chi connectivity index (χ0v) is 30.2. The number of fused-ring (bicyclic) bond motifs is 5. The maximum atomic E-state index is 2.50. The largest absolute Gasteiger partial charge is 0.316 e. The van der Waals surface area contributed by atoms with Gasteiger partial charge < -0.3 is 9.13 Å². The molecule has 0 saturated heterocycles. The van der Waals surface area contributed by atoms with Gasteiger partial charge in [-0.1, -0.05) is 170 Å². The molecule has 2 aromatic heterocycles. The first kappa shape index (κ1) is 31.1. The Bertz CT molecular complexity index is 2740. The zero-order valence-electron chi connectivity index (χ0n) is 29.2. The van der Waals surface area contributed by atoms with Gasteiger partial charge >= 0.3 is 0 Å². The summed E-state index contributed by atoms with van der Waals surface area (Å²) in [4.78, 5) is 0. The van der Waals surface area contributed by atoms with Crippen LogP contribution in [0.2, 0.25) is 0 Å². The average Bonchev–Trinajstić information content (AvgIpc) is 3.83. The molecule has 0 aliphatic heterocycles. The molecule has 0 atom stereocenters. The van der Waals surface area contributed by atoms with E-state index in [9.17, 15) is 0 Å². The van der Waals surface area contributed by atoms with Gasteiger partial charge in [0.25, 0.3) is 0 Å². The summed E-state index contributed by atoms with van der Waals surface area (Å²) in [7, 11) is -2.66. The molecule has 0 amide bonds. The summed E-state index contributed by atoms with van der Waals surface area (Å²) < 4.78 is 4.82. The Hall–Kier alpha value is -6.68. The molecule has 2 nitrogen and oxygen atoms in total. The highest BCUT2D eigenvalue weighted by Gasteiger charge is 2.41. The molecule has 0 N–H and O–H groups in total. The molecule has 10 rings (SSSR count). The van der Waals surface area contributed by atoms with E-state index in [1.165, 1.54) is 64.6 Å². The van der Waals surface area contributed by atoms with E-state index >= 15 is 0 Å². The topological polar surface area (TPSA) is 9.86 Å². The Morgan fingerprint density at radius 2 is 0.849 bits per heavy atom. The minimum Gasteiger partial charge on any atom is -0.316 e. The minimum atomic E-state index is -2.66. The molecule has 0 aliphatic carbocycles. The van der Waals surface area contributed by atoms with E-state index in [0.717, 1.165) is 11.4 Å². The Kier molecular flexibility index (Phi) is 7.52. The lowest BCUT2D eigenvalue weighted by Gasteiger charge is -2.34. The van der Waals surface area contributed by atoms with Crippen LogP contribution in [0, 0.1) is 0 Å². The number of hydrogen-bond donors (Lipinski definition) is 0.